The second-order valence-electron chi connectivity index (χ2n) is 8.16. The lowest BCUT2D eigenvalue weighted by Crippen LogP contribution is -2.42. The third-order valence-corrected chi connectivity index (χ3v) is 6.08. The molecule has 2 N–H and O–H groups in total. The van der Waals surface area contributed by atoms with Gasteiger partial charge in [0.2, 0.25) is 5.95 Å². The SMILES string of the molecule is C/C=C\C(=C/C)c1ccc2c(c1)NC(=O)c1cnc(N(C)C3CCN(C)CC3)nc1N2. The lowest BCUT2D eigenvalue weighted by Gasteiger charge is -2.35. The van der Waals surface area contributed by atoms with Gasteiger partial charge in [-0.15, -0.1) is 0 Å². The molecule has 0 bridgehead atoms. The summed E-state index contributed by atoms with van der Waals surface area (Å²) in [6.45, 7) is 6.13. The number of hydrogen-bond acceptors (Lipinski definition) is 6. The predicted molar refractivity (Wildman–Crippen MR) is 127 cm³/mol. The largest absolute Gasteiger partial charge is 0.341 e. The number of carbonyl (C=O) groups excluding carboxylic acids is 1. The first-order valence-electron chi connectivity index (χ1n) is 10.8. The van der Waals surface area contributed by atoms with Crippen molar-refractivity contribution >= 4 is 34.6 Å². The molecule has 1 amide bonds. The highest BCUT2D eigenvalue weighted by atomic mass is 16.1. The molecule has 0 unspecified atom stereocenters. The topological polar surface area (TPSA) is 73.4 Å². The number of nitrogens with zero attached hydrogens (tertiary/aromatic N) is 4. The first kappa shape index (κ1) is 21.1. The summed E-state index contributed by atoms with van der Waals surface area (Å²) in [5, 5.41) is 6.35. The molecule has 162 valence electrons. The van der Waals surface area contributed by atoms with Crippen molar-refractivity contribution in [1.29, 1.82) is 0 Å². The molecule has 0 spiro atoms. The van der Waals surface area contributed by atoms with E-state index in [4.69, 9.17) is 4.98 Å². The van der Waals surface area contributed by atoms with Crippen LogP contribution in [-0.2, 0) is 0 Å². The van der Waals surface area contributed by atoms with Crippen LogP contribution < -0.4 is 15.5 Å². The molecule has 2 aliphatic rings. The Bertz CT molecular complexity index is 1040. The van der Waals surface area contributed by atoms with Gasteiger partial charge in [0.15, 0.2) is 0 Å². The van der Waals surface area contributed by atoms with Gasteiger partial charge in [0.25, 0.3) is 5.91 Å². The summed E-state index contributed by atoms with van der Waals surface area (Å²) in [4.78, 5) is 26.6. The fourth-order valence-corrected chi connectivity index (χ4v) is 4.14. The van der Waals surface area contributed by atoms with Crippen molar-refractivity contribution in [2.45, 2.75) is 32.7 Å². The molecule has 31 heavy (non-hydrogen) atoms. The lowest BCUT2D eigenvalue weighted by molar-refractivity contribution is 0.102. The van der Waals surface area contributed by atoms with Crippen LogP contribution in [0, 0.1) is 0 Å². The number of amides is 1. The van der Waals surface area contributed by atoms with Crippen molar-refractivity contribution in [3.63, 3.8) is 0 Å². The fraction of sp³-hybridized carbons (Fsp3) is 0.375. The Hall–Kier alpha value is -3.19. The minimum absolute atomic E-state index is 0.208. The number of benzene rings is 1. The number of carbonyl (C=O) groups is 1. The van der Waals surface area contributed by atoms with E-state index in [-0.39, 0.29) is 5.91 Å². The molecular formula is C24H30N6O. The highest BCUT2D eigenvalue weighted by Gasteiger charge is 2.26. The monoisotopic (exact) mass is 418 g/mol. The van der Waals surface area contributed by atoms with Crippen LogP contribution in [-0.4, -0.2) is 54.0 Å². The van der Waals surface area contributed by atoms with Crippen molar-refractivity contribution < 1.29 is 4.79 Å². The van der Waals surface area contributed by atoms with Gasteiger partial charge in [0, 0.05) is 19.3 Å². The first-order valence-corrected chi connectivity index (χ1v) is 10.8. The molecule has 7 nitrogen and oxygen atoms in total. The molecular weight excluding hydrogens is 388 g/mol. The summed E-state index contributed by atoms with van der Waals surface area (Å²) in [5.41, 5.74) is 4.13. The summed E-state index contributed by atoms with van der Waals surface area (Å²) in [5.74, 6) is 0.964. The molecule has 0 saturated carbocycles. The summed E-state index contributed by atoms with van der Waals surface area (Å²) >= 11 is 0. The quantitative estimate of drug-likeness (QED) is 0.722. The Kier molecular flexibility index (Phi) is 6.04. The number of likely N-dealkylation sites (tertiary alicyclic amines) is 1. The Balaban J connectivity index is 1.63. The van der Waals surface area contributed by atoms with Gasteiger partial charge in [-0.3, -0.25) is 4.79 Å². The van der Waals surface area contributed by atoms with E-state index >= 15 is 0 Å². The molecule has 1 aromatic heterocycles. The molecule has 0 radical (unpaired) electrons. The van der Waals surface area contributed by atoms with Crippen molar-refractivity contribution in [1.82, 2.24) is 14.9 Å². The van der Waals surface area contributed by atoms with Gasteiger partial charge in [-0.25, -0.2) is 4.98 Å². The van der Waals surface area contributed by atoms with Crippen molar-refractivity contribution in [3.05, 3.63) is 53.8 Å². The summed E-state index contributed by atoms with van der Waals surface area (Å²) in [6.07, 6.45) is 9.89. The number of piperidine rings is 1. The molecule has 1 aromatic carbocycles. The second kappa shape index (κ2) is 8.89. The summed E-state index contributed by atoms with van der Waals surface area (Å²) < 4.78 is 0. The molecule has 1 fully saturated rings. The molecule has 2 aliphatic heterocycles. The zero-order chi connectivity index (χ0) is 22.0. The van der Waals surface area contributed by atoms with E-state index in [1.54, 1.807) is 6.20 Å². The maximum atomic E-state index is 12.9. The minimum atomic E-state index is -0.208. The number of nitrogens with one attached hydrogen (secondary N) is 2. The van der Waals surface area contributed by atoms with Crippen LogP contribution in [0.5, 0.6) is 0 Å². The smallest absolute Gasteiger partial charge is 0.261 e. The summed E-state index contributed by atoms with van der Waals surface area (Å²) in [6, 6.07) is 6.41. The molecule has 7 heteroatoms. The minimum Gasteiger partial charge on any atom is -0.341 e. The molecule has 0 atom stereocenters. The maximum absolute atomic E-state index is 12.9. The van der Waals surface area contributed by atoms with E-state index in [2.05, 4.69) is 44.6 Å². The van der Waals surface area contributed by atoms with E-state index in [1.165, 1.54) is 0 Å². The molecule has 2 aromatic rings. The highest BCUT2D eigenvalue weighted by molar-refractivity contribution is 6.11. The zero-order valence-corrected chi connectivity index (χ0v) is 18.6. The van der Waals surface area contributed by atoms with Gasteiger partial charge in [-0.05, 0) is 70.1 Å². The molecule has 4 rings (SSSR count). The third kappa shape index (κ3) is 4.32. The van der Waals surface area contributed by atoms with Crippen LogP contribution in [0.3, 0.4) is 0 Å². The van der Waals surface area contributed by atoms with Gasteiger partial charge in [0.1, 0.15) is 11.4 Å². The van der Waals surface area contributed by atoms with Crippen LogP contribution in [0.25, 0.3) is 5.57 Å². The van der Waals surface area contributed by atoms with E-state index in [9.17, 15) is 4.79 Å². The Labute approximate surface area is 183 Å². The Morgan fingerprint density at radius 2 is 1.97 bits per heavy atom. The van der Waals surface area contributed by atoms with Gasteiger partial charge >= 0.3 is 0 Å². The fourth-order valence-electron chi connectivity index (χ4n) is 4.14. The zero-order valence-electron chi connectivity index (χ0n) is 18.6. The maximum Gasteiger partial charge on any atom is 0.261 e. The summed E-state index contributed by atoms with van der Waals surface area (Å²) in [7, 11) is 4.19. The predicted octanol–water partition coefficient (Wildman–Crippen LogP) is 4.30. The normalized spacial score (nSPS) is 17.5. The van der Waals surface area contributed by atoms with Gasteiger partial charge in [0.05, 0.1) is 11.4 Å². The van der Waals surface area contributed by atoms with Crippen LogP contribution in [0.1, 0.15) is 42.6 Å². The molecule has 0 aliphatic carbocycles. The van der Waals surface area contributed by atoms with Crippen molar-refractivity contribution in [3.8, 4) is 0 Å². The number of rotatable bonds is 4. The molecule has 3 heterocycles. The Morgan fingerprint density at radius 3 is 2.68 bits per heavy atom. The van der Waals surface area contributed by atoms with Crippen LogP contribution >= 0.6 is 0 Å². The number of anilines is 4. The number of aromatic nitrogens is 2. The van der Waals surface area contributed by atoms with E-state index in [0.29, 0.717) is 23.4 Å². The number of allylic oxidation sites excluding steroid dienone is 4. The van der Waals surface area contributed by atoms with E-state index < -0.39 is 0 Å². The van der Waals surface area contributed by atoms with Crippen LogP contribution in [0.2, 0.25) is 0 Å². The van der Waals surface area contributed by atoms with E-state index in [1.807, 2.05) is 45.2 Å². The average molecular weight is 419 g/mol. The Morgan fingerprint density at radius 1 is 1.19 bits per heavy atom. The van der Waals surface area contributed by atoms with Gasteiger partial charge in [-0.2, -0.15) is 4.98 Å². The average Bonchev–Trinajstić information content (AvgIpc) is 2.92. The third-order valence-electron chi connectivity index (χ3n) is 6.08. The van der Waals surface area contributed by atoms with Gasteiger partial charge < -0.3 is 20.4 Å². The van der Waals surface area contributed by atoms with Crippen molar-refractivity contribution in [2.24, 2.45) is 0 Å². The second-order valence-corrected chi connectivity index (χ2v) is 8.16. The first-order chi connectivity index (χ1) is 15.0. The molecule has 1 saturated heterocycles. The number of hydrogen-bond donors (Lipinski definition) is 2. The van der Waals surface area contributed by atoms with Crippen LogP contribution in [0.15, 0.2) is 42.6 Å². The standard InChI is InChI=1S/C24H30N6O/c1-5-7-16(6-2)17-8-9-20-21(14-17)27-23(31)19-15-25-24(28-22(19)26-20)30(4)18-10-12-29(3)13-11-18/h5-9,14-15,18H,10-13H2,1-4H3,(H,27,31)(H,25,26,28)/b7-5-,16-6+. The van der Waals surface area contributed by atoms with Gasteiger partial charge in [-0.1, -0.05) is 24.3 Å². The lowest BCUT2D eigenvalue weighted by atomic mass is 10.0. The highest BCUT2D eigenvalue weighted by Crippen LogP contribution is 2.34. The van der Waals surface area contributed by atoms with Crippen LogP contribution in [0.4, 0.5) is 23.1 Å². The van der Waals surface area contributed by atoms with E-state index in [0.717, 1.165) is 48.4 Å². The van der Waals surface area contributed by atoms with Crippen molar-refractivity contribution in [2.75, 3.05) is 42.7 Å². The number of fused-ring (bicyclic) bond motifs is 2.